The third kappa shape index (κ3) is 2.96. The molecular weight excluding hydrogens is 250 g/mol. The fraction of sp³-hybridized carbons (Fsp3) is 0.538. The molecule has 1 aromatic rings. The van der Waals surface area contributed by atoms with Crippen molar-refractivity contribution in [3.05, 3.63) is 23.8 Å². The maximum atomic E-state index is 11.6. The monoisotopic (exact) mass is 269 g/mol. The van der Waals surface area contributed by atoms with Gasteiger partial charge in [-0.15, -0.1) is 0 Å². The summed E-state index contributed by atoms with van der Waals surface area (Å²) in [4.78, 5) is 0. The number of hydrogen-bond acceptors (Lipinski definition) is 4. The first-order valence-electron chi connectivity index (χ1n) is 6.13. The highest BCUT2D eigenvalue weighted by Gasteiger charge is 2.25. The van der Waals surface area contributed by atoms with Gasteiger partial charge in [0.25, 0.3) is 0 Å². The minimum absolute atomic E-state index is 0.179. The molecule has 0 bridgehead atoms. The highest BCUT2D eigenvalue weighted by molar-refractivity contribution is 7.91. The molecule has 1 heterocycles. The number of anilines is 1. The Hall–Kier alpha value is -1.23. The largest absolute Gasteiger partial charge is 0.495 e. The lowest BCUT2D eigenvalue weighted by Gasteiger charge is -2.22. The van der Waals surface area contributed by atoms with Crippen LogP contribution in [0.5, 0.6) is 5.75 Å². The van der Waals surface area contributed by atoms with Crippen LogP contribution in [0.1, 0.15) is 18.4 Å². The van der Waals surface area contributed by atoms with E-state index in [4.69, 9.17) is 10.5 Å². The Kier molecular flexibility index (Phi) is 3.80. The van der Waals surface area contributed by atoms with Gasteiger partial charge in [0, 0.05) is 0 Å². The van der Waals surface area contributed by atoms with Crippen molar-refractivity contribution in [3.63, 3.8) is 0 Å². The van der Waals surface area contributed by atoms with Crippen LogP contribution < -0.4 is 10.5 Å². The van der Waals surface area contributed by atoms with E-state index in [2.05, 4.69) is 0 Å². The molecule has 100 valence electrons. The molecule has 0 radical (unpaired) electrons. The molecule has 1 aromatic carbocycles. The van der Waals surface area contributed by atoms with Gasteiger partial charge in [-0.1, -0.05) is 12.1 Å². The number of methoxy groups -OCH3 is 1. The Balaban J connectivity index is 2.14. The molecule has 1 fully saturated rings. The third-order valence-corrected chi connectivity index (χ3v) is 5.33. The van der Waals surface area contributed by atoms with Gasteiger partial charge in [0.1, 0.15) is 5.75 Å². The van der Waals surface area contributed by atoms with Crippen LogP contribution in [0.4, 0.5) is 5.69 Å². The Labute approximate surface area is 108 Å². The lowest BCUT2D eigenvalue weighted by atomic mass is 9.95. The molecule has 1 atom stereocenters. The summed E-state index contributed by atoms with van der Waals surface area (Å²) in [5.41, 5.74) is 7.61. The third-order valence-electron chi connectivity index (χ3n) is 3.44. The van der Waals surface area contributed by atoms with Crippen molar-refractivity contribution in [2.75, 3.05) is 24.3 Å². The normalized spacial score (nSPS) is 22.6. The fourth-order valence-corrected chi connectivity index (χ4v) is 4.31. The first-order valence-corrected chi connectivity index (χ1v) is 7.96. The summed E-state index contributed by atoms with van der Waals surface area (Å²) in [5.74, 6) is 1.45. The van der Waals surface area contributed by atoms with Gasteiger partial charge in [-0.05, 0) is 36.8 Å². The summed E-state index contributed by atoms with van der Waals surface area (Å²) in [5, 5.41) is 0. The van der Waals surface area contributed by atoms with Crippen molar-refractivity contribution in [2.24, 2.45) is 5.92 Å². The number of hydrogen-bond donors (Lipinski definition) is 1. The van der Waals surface area contributed by atoms with Crippen molar-refractivity contribution in [3.8, 4) is 5.75 Å². The van der Waals surface area contributed by atoms with Crippen LogP contribution in [0.25, 0.3) is 0 Å². The van der Waals surface area contributed by atoms with Crippen molar-refractivity contribution < 1.29 is 13.2 Å². The van der Waals surface area contributed by atoms with Crippen LogP contribution in [0.3, 0.4) is 0 Å². The van der Waals surface area contributed by atoms with Gasteiger partial charge in [0.15, 0.2) is 9.84 Å². The van der Waals surface area contributed by atoms with Gasteiger partial charge in [-0.2, -0.15) is 0 Å². The predicted octanol–water partition coefficient (Wildman–Crippen LogP) is 1.64. The summed E-state index contributed by atoms with van der Waals surface area (Å²) in [6, 6.07) is 5.65. The predicted molar refractivity (Wildman–Crippen MR) is 72.5 cm³/mol. The second-order valence-electron chi connectivity index (χ2n) is 4.86. The maximum Gasteiger partial charge on any atom is 0.150 e. The molecule has 0 aliphatic carbocycles. The van der Waals surface area contributed by atoms with Gasteiger partial charge in [0.2, 0.25) is 0 Å². The van der Waals surface area contributed by atoms with Gasteiger partial charge in [-0.3, -0.25) is 0 Å². The van der Waals surface area contributed by atoms with E-state index in [-0.39, 0.29) is 11.7 Å². The zero-order chi connectivity index (χ0) is 13.2. The Morgan fingerprint density at radius 3 is 2.89 bits per heavy atom. The average molecular weight is 269 g/mol. The second kappa shape index (κ2) is 5.18. The van der Waals surface area contributed by atoms with E-state index in [0.29, 0.717) is 23.6 Å². The molecule has 0 amide bonds. The maximum absolute atomic E-state index is 11.6. The number of ether oxygens (including phenoxy) is 1. The van der Waals surface area contributed by atoms with E-state index in [1.807, 2.05) is 18.2 Å². The highest BCUT2D eigenvalue weighted by Crippen LogP contribution is 2.29. The lowest BCUT2D eigenvalue weighted by Crippen LogP contribution is -2.26. The molecule has 0 aromatic heterocycles. The van der Waals surface area contributed by atoms with Crippen LogP contribution in [0.2, 0.25) is 0 Å². The van der Waals surface area contributed by atoms with E-state index in [0.717, 1.165) is 18.4 Å². The smallest absolute Gasteiger partial charge is 0.150 e. The average Bonchev–Trinajstić information content (AvgIpc) is 2.31. The Morgan fingerprint density at radius 1 is 1.44 bits per heavy atom. The lowest BCUT2D eigenvalue weighted by molar-refractivity contribution is 0.416. The van der Waals surface area contributed by atoms with E-state index < -0.39 is 9.84 Å². The Bertz CT molecular complexity index is 525. The summed E-state index contributed by atoms with van der Waals surface area (Å²) in [6.45, 7) is 0. The van der Waals surface area contributed by atoms with Crippen LogP contribution in [0.15, 0.2) is 18.2 Å². The first kappa shape index (κ1) is 13.2. The van der Waals surface area contributed by atoms with Crippen molar-refractivity contribution in [1.29, 1.82) is 0 Å². The topological polar surface area (TPSA) is 69.4 Å². The van der Waals surface area contributed by atoms with E-state index in [1.165, 1.54) is 0 Å². The number of rotatable bonds is 3. The standard InChI is InChI=1S/C13H19NO3S/c1-17-12-6-2-5-11(13(12)14)8-10-4-3-7-18(15,16)9-10/h2,5-6,10H,3-4,7-9,14H2,1H3. The molecule has 0 spiro atoms. The molecule has 1 aliphatic rings. The Morgan fingerprint density at radius 2 is 2.22 bits per heavy atom. The summed E-state index contributed by atoms with van der Waals surface area (Å²) in [7, 11) is -1.27. The van der Waals surface area contributed by atoms with Crippen LogP contribution in [0, 0.1) is 5.92 Å². The number of nitrogens with two attached hydrogens (primary N) is 1. The second-order valence-corrected chi connectivity index (χ2v) is 7.09. The molecule has 2 N–H and O–H groups in total. The van der Waals surface area contributed by atoms with Crippen LogP contribution in [-0.4, -0.2) is 27.0 Å². The molecular formula is C13H19NO3S. The van der Waals surface area contributed by atoms with E-state index in [9.17, 15) is 8.42 Å². The zero-order valence-electron chi connectivity index (χ0n) is 10.6. The van der Waals surface area contributed by atoms with Crippen molar-refractivity contribution in [2.45, 2.75) is 19.3 Å². The fourth-order valence-electron chi connectivity index (χ4n) is 2.54. The SMILES string of the molecule is COc1cccc(CC2CCCS(=O)(=O)C2)c1N. The molecule has 0 saturated carbocycles. The van der Waals surface area contributed by atoms with Crippen molar-refractivity contribution in [1.82, 2.24) is 0 Å². The zero-order valence-corrected chi connectivity index (χ0v) is 11.4. The summed E-state index contributed by atoms with van der Waals surface area (Å²) < 4.78 is 28.4. The molecule has 18 heavy (non-hydrogen) atoms. The van der Waals surface area contributed by atoms with E-state index >= 15 is 0 Å². The number of nitrogen functional groups attached to an aromatic ring is 1. The van der Waals surface area contributed by atoms with Crippen molar-refractivity contribution >= 4 is 15.5 Å². The van der Waals surface area contributed by atoms with Crippen LogP contribution in [-0.2, 0) is 16.3 Å². The molecule has 1 unspecified atom stereocenters. The van der Waals surface area contributed by atoms with Gasteiger partial charge >= 0.3 is 0 Å². The number of sulfone groups is 1. The number of benzene rings is 1. The number of para-hydroxylation sites is 1. The van der Waals surface area contributed by atoms with Crippen LogP contribution >= 0.6 is 0 Å². The van der Waals surface area contributed by atoms with Gasteiger partial charge in [-0.25, -0.2) is 8.42 Å². The quantitative estimate of drug-likeness (QED) is 0.847. The highest BCUT2D eigenvalue weighted by atomic mass is 32.2. The molecule has 5 heteroatoms. The molecule has 1 aliphatic heterocycles. The molecule has 1 saturated heterocycles. The molecule has 4 nitrogen and oxygen atoms in total. The molecule has 2 rings (SSSR count). The summed E-state index contributed by atoms with van der Waals surface area (Å²) >= 11 is 0. The van der Waals surface area contributed by atoms with E-state index in [1.54, 1.807) is 7.11 Å². The summed E-state index contributed by atoms with van der Waals surface area (Å²) in [6.07, 6.45) is 2.43. The minimum Gasteiger partial charge on any atom is -0.495 e. The van der Waals surface area contributed by atoms with Gasteiger partial charge < -0.3 is 10.5 Å². The minimum atomic E-state index is -2.85. The first-order chi connectivity index (χ1) is 8.52. The van der Waals surface area contributed by atoms with Gasteiger partial charge in [0.05, 0.1) is 24.3 Å².